The van der Waals surface area contributed by atoms with Crippen molar-refractivity contribution < 1.29 is 0 Å². The molecule has 1 aliphatic rings. The van der Waals surface area contributed by atoms with Crippen LogP contribution in [0.25, 0.3) is 0 Å². The second-order valence-corrected chi connectivity index (χ2v) is 6.45. The third kappa shape index (κ3) is 4.18. The highest BCUT2D eigenvalue weighted by Crippen LogP contribution is 2.25. The monoisotopic (exact) mass is 283 g/mol. The van der Waals surface area contributed by atoms with Crippen molar-refractivity contribution in [3.8, 4) is 0 Å². The Balaban J connectivity index is 1.65. The molecular weight excluding hydrogens is 262 g/mol. The summed E-state index contributed by atoms with van der Waals surface area (Å²) in [4.78, 5) is 0. The lowest BCUT2D eigenvalue weighted by Gasteiger charge is -2.11. The number of hydrogen-bond acceptors (Lipinski definition) is 2. The lowest BCUT2D eigenvalue weighted by atomic mass is 10.1. The Morgan fingerprint density at radius 2 is 2.06 bits per heavy atom. The van der Waals surface area contributed by atoms with Crippen molar-refractivity contribution in [3.05, 3.63) is 34.3 Å². The van der Waals surface area contributed by atoms with Crippen molar-refractivity contribution in [1.29, 1.82) is 0 Å². The fraction of sp³-hybridized carbons (Fsp3) is 0.600. The summed E-state index contributed by atoms with van der Waals surface area (Å²) in [6.07, 6.45) is 8.48. The molecule has 100 valence electrons. The van der Waals surface area contributed by atoms with Crippen LogP contribution in [-0.4, -0.2) is 24.6 Å². The smallest absolute Gasteiger partial charge is 0.0408 e. The van der Waals surface area contributed by atoms with Crippen molar-refractivity contribution in [2.24, 2.45) is 0 Å². The van der Waals surface area contributed by atoms with Gasteiger partial charge in [-0.1, -0.05) is 24.1 Å². The fourth-order valence-corrected chi connectivity index (χ4v) is 3.27. The summed E-state index contributed by atoms with van der Waals surface area (Å²) in [5, 5.41) is 4.54. The third-order valence-electron chi connectivity index (χ3n) is 3.56. The van der Waals surface area contributed by atoms with Gasteiger partial charge in [-0.2, -0.15) is 11.8 Å². The number of unbranched alkanes of at least 4 members (excludes halogenated alkanes) is 2. The van der Waals surface area contributed by atoms with Gasteiger partial charge in [0.2, 0.25) is 0 Å². The van der Waals surface area contributed by atoms with Gasteiger partial charge in [-0.05, 0) is 67.5 Å². The van der Waals surface area contributed by atoms with Crippen molar-refractivity contribution in [2.75, 3.05) is 18.6 Å². The van der Waals surface area contributed by atoms with Crippen LogP contribution in [0.3, 0.4) is 0 Å². The van der Waals surface area contributed by atoms with E-state index in [-0.39, 0.29) is 0 Å². The predicted molar refractivity (Wildman–Crippen MR) is 82.9 cm³/mol. The first-order valence-corrected chi connectivity index (χ1v) is 8.56. The predicted octanol–water partition coefficient (Wildman–Crippen LogP) is 3.93. The zero-order chi connectivity index (χ0) is 12.8. The molecule has 0 fully saturated rings. The molecule has 1 N–H and O–H groups in total. The number of fused-ring (bicyclic) bond motifs is 1. The molecule has 0 heterocycles. The quantitative estimate of drug-likeness (QED) is 0.761. The van der Waals surface area contributed by atoms with Gasteiger partial charge in [0.15, 0.2) is 0 Å². The van der Waals surface area contributed by atoms with E-state index >= 15 is 0 Å². The van der Waals surface area contributed by atoms with Crippen molar-refractivity contribution in [2.45, 2.75) is 38.1 Å². The Morgan fingerprint density at radius 1 is 1.22 bits per heavy atom. The standard InChI is InChI=1S/C15H22ClNS/c1-18-8-4-2-3-7-17-15-10-12-5-6-14(16)9-13(12)11-15/h5-6,9,15,17H,2-4,7-8,10-11H2,1H3. The molecule has 0 radical (unpaired) electrons. The number of hydrogen-bond donors (Lipinski definition) is 1. The Hall–Kier alpha value is -0.180. The van der Waals surface area contributed by atoms with E-state index in [1.165, 1.54) is 36.1 Å². The van der Waals surface area contributed by atoms with E-state index < -0.39 is 0 Å². The Morgan fingerprint density at radius 3 is 2.89 bits per heavy atom. The molecular formula is C15H22ClNS. The van der Waals surface area contributed by atoms with E-state index in [1.807, 2.05) is 17.8 Å². The van der Waals surface area contributed by atoms with Gasteiger partial charge in [-0.15, -0.1) is 0 Å². The summed E-state index contributed by atoms with van der Waals surface area (Å²) in [6, 6.07) is 6.93. The van der Waals surface area contributed by atoms with E-state index in [1.54, 1.807) is 0 Å². The fourth-order valence-electron chi connectivity index (χ4n) is 2.59. The molecule has 1 aromatic rings. The van der Waals surface area contributed by atoms with Crippen LogP contribution < -0.4 is 5.32 Å². The summed E-state index contributed by atoms with van der Waals surface area (Å²) in [5.74, 6) is 1.30. The maximum atomic E-state index is 6.02. The maximum absolute atomic E-state index is 6.02. The van der Waals surface area contributed by atoms with E-state index in [0.29, 0.717) is 6.04 Å². The summed E-state index contributed by atoms with van der Waals surface area (Å²) >= 11 is 7.97. The molecule has 0 saturated heterocycles. The molecule has 18 heavy (non-hydrogen) atoms. The highest BCUT2D eigenvalue weighted by molar-refractivity contribution is 7.98. The first-order valence-electron chi connectivity index (χ1n) is 6.79. The zero-order valence-corrected chi connectivity index (χ0v) is 12.6. The van der Waals surface area contributed by atoms with Gasteiger partial charge in [-0.3, -0.25) is 0 Å². The van der Waals surface area contributed by atoms with Crippen molar-refractivity contribution in [1.82, 2.24) is 5.32 Å². The van der Waals surface area contributed by atoms with Crippen LogP contribution in [0, 0.1) is 0 Å². The lowest BCUT2D eigenvalue weighted by Crippen LogP contribution is -2.30. The van der Waals surface area contributed by atoms with Gasteiger partial charge in [-0.25, -0.2) is 0 Å². The number of nitrogens with one attached hydrogen (secondary N) is 1. The van der Waals surface area contributed by atoms with Crippen LogP contribution in [0.4, 0.5) is 0 Å². The Bertz CT molecular complexity index is 381. The summed E-state index contributed by atoms with van der Waals surface area (Å²) in [6.45, 7) is 1.15. The SMILES string of the molecule is CSCCCCCNC1Cc2ccc(Cl)cc2C1. The molecule has 0 aliphatic heterocycles. The Kier molecular flexibility index (Phi) is 5.87. The zero-order valence-electron chi connectivity index (χ0n) is 11.0. The molecule has 0 spiro atoms. The van der Waals surface area contributed by atoms with Crippen LogP contribution in [0.15, 0.2) is 18.2 Å². The molecule has 0 amide bonds. The molecule has 1 aromatic carbocycles. The second-order valence-electron chi connectivity index (χ2n) is 5.03. The van der Waals surface area contributed by atoms with Gasteiger partial charge in [0.05, 0.1) is 0 Å². The molecule has 0 bridgehead atoms. The number of thioether (sulfide) groups is 1. The first kappa shape index (κ1) is 14.2. The van der Waals surface area contributed by atoms with Crippen molar-refractivity contribution in [3.63, 3.8) is 0 Å². The normalized spacial score (nSPS) is 18.0. The van der Waals surface area contributed by atoms with Gasteiger partial charge in [0, 0.05) is 11.1 Å². The van der Waals surface area contributed by atoms with Crippen LogP contribution in [0.1, 0.15) is 30.4 Å². The van der Waals surface area contributed by atoms with E-state index in [9.17, 15) is 0 Å². The number of halogens is 1. The summed E-state index contributed by atoms with van der Waals surface area (Å²) in [7, 11) is 0. The summed E-state index contributed by atoms with van der Waals surface area (Å²) < 4.78 is 0. The van der Waals surface area contributed by atoms with Crippen molar-refractivity contribution >= 4 is 23.4 Å². The average molecular weight is 284 g/mol. The molecule has 1 unspecified atom stereocenters. The molecule has 1 aliphatic carbocycles. The van der Waals surface area contributed by atoms with Gasteiger partial charge in [0.25, 0.3) is 0 Å². The lowest BCUT2D eigenvalue weighted by molar-refractivity contribution is 0.513. The average Bonchev–Trinajstić information content (AvgIpc) is 2.75. The molecule has 2 rings (SSSR count). The summed E-state index contributed by atoms with van der Waals surface area (Å²) in [5.41, 5.74) is 2.90. The van der Waals surface area contributed by atoms with Crippen LogP contribution in [0.2, 0.25) is 5.02 Å². The van der Waals surface area contributed by atoms with E-state index in [0.717, 1.165) is 24.4 Å². The molecule has 3 heteroatoms. The van der Waals surface area contributed by atoms with Crippen LogP contribution >= 0.6 is 23.4 Å². The molecule has 1 atom stereocenters. The highest BCUT2D eigenvalue weighted by Gasteiger charge is 2.20. The second kappa shape index (κ2) is 7.42. The Labute approximate surface area is 120 Å². The van der Waals surface area contributed by atoms with Gasteiger partial charge < -0.3 is 5.32 Å². The van der Waals surface area contributed by atoms with E-state index in [4.69, 9.17) is 11.6 Å². The number of benzene rings is 1. The molecule has 1 nitrogen and oxygen atoms in total. The minimum Gasteiger partial charge on any atom is -0.313 e. The third-order valence-corrected chi connectivity index (χ3v) is 4.49. The molecule has 0 saturated carbocycles. The first-order chi connectivity index (χ1) is 8.79. The number of rotatable bonds is 7. The molecule has 0 aromatic heterocycles. The highest BCUT2D eigenvalue weighted by atomic mass is 35.5. The minimum absolute atomic E-state index is 0.624. The largest absolute Gasteiger partial charge is 0.313 e. The maximum Gasteiger partial charge on any atom is 0.0408 e. The van der Waals surface area contributed by atoms with Gasteiger partial charge >= 0.3 is 0 Å². The minimum atomic E-state index is 0.624. The topological polar surface area (TPSA) is 12.0 Å². The van der Waals surface area contributed by atoms with Crippen LogP contribution in [0.5, 0.6) is 0 Å². The van der Waals surface area contributed by atoms with Gasteiger partial charge in [0.1, 0.15) is 0 Å². The van der Waals surface area contributed by atoms with E-state index in [2.05, 4.69) is 23.7 Å². The van der Waals surface area contributed by atoms with Crippen LogP contribution in [-0.2, 0) is 12.8 Å².